The zero-order chi connectivity index (χ0) is 10.7. The number of aryl methyl sites for hydroxylation is 1. The topological polar surface area (TPSA) is 54.7 Å². The van der Waals surface area contributed by atoms with Gasteiger partial charge in [0.25, 0.3) is 0 Å². The molecular formula is C11H15N3S. The van der Waals surface area contributed by atoms with Gasteiger partial charge in [-0.1, -0.05) is 0 Å². The molecule has 0 saturated carbocycles. The lowest BCUT2D eigenvalue weighted by atomic mass is 10.2. The molecule has 2 aromatic heterocycles. The third kappa shape index (κ3) is 2.67. The van der Waals surface area contributed by atoms with Gasteiger partial charge in [0.1, 0.15) is 0 Å². The minimum absolute atomic E-state index is 0.254. The van der Waals surface area contributed by atoms with Crippen molar-refractivity contribution >= 4 is 11.3 Å². The molecule has 0 fully saturated rings. The van der Waals surface area contributed by atoms with Crippen molar-refractivity contribution in [3.05, 3.63) is 28.8 Å². The van der Waals surface area contributed by atoms with E-state index in [1.54, 1.807) is 11.3 Å². The summed E-state index contributed by atoms with van der Waals surface area (Å²) >= 11 is 1.71. The van der Waals surface area contributed by atoms with Crippen molar-refractivity contribution in [3.63, 3.8) is 0 Å². The van der Waals surface area contributed by atoms with Crippen LogP contribution in [0.4, 0.5) is 0 Å². The van der Waals surface area contributed by atoms with Crippen molar-refractivity contribution in [3.8, 4) is 11.3 Å². The Kier molecular flexibility index (Phi) is 3.18. The van der Waals surface area contributed by atoms with E-state index < -0.39 is 0 Å². The zero-order valence-corrected chi connectivity index (χ0v) is 9.55. The summed E-state index contributed by atoms with van der Waals surface area (Å²) in [7, 11) is 0. The minimum atomic E-state index is 0.254. The smallest absolute Gasteiger partial charge is 0.0933 e. The van der Waals surface area contributed by atoms with Crippen LogP contribution in [0.5, 0.6) is 0 Å². The number of rotatable bonds is 4. The predicted molar refractivity (Wildman–Crippen MR) is 63.9 cm³/mol. The first-order chi connectivity index (χ1) is 7.25. The summed E-state index contributed by atoms with van der Waals surface area (Å²) in [5.41, 5.74) is 7.92. The average molecular weight is 221 g/mol. The highest BCUT2D eigenvalue weighted by Gasteiger charge is 2.05. The monoisotopic (exact) mass is 221 g/mol. The summed E-state index contributed by atoms with van der Waals surface area (Å²) in [5, 5.41) is 3.27. The Morgan fingerprint density at radius 1 is 1.60 bits per heavy atom. The van der Waals surface area contributed by atoms with Crippen LogP contribution in [0.25, 0.3) is 11.3 Å². The van der Waals surface area contributed by atoms with E-state index in [-0.39, 0.29) is 6.04 Å². The number of H-pyrrole nitrogens is 1. The van der Waals surface area contributed by atoms with Gasteiger partial charge in [-0.05, 0) is 19.4 Å². The van der Waals surface area contributed by atoms with Crippen LogP contribution < -0.4 is 5.73 Å². The highest BCUT2D eigenvalue weighted by Crippen LogP contribution is 2.22. The molecule has 1 unspecified atom stereocenters. The van der Waals surface area contributed by atoms with Crippen LogP contribution in [0.1, 0.15) is 18.4 Å². The molecule has 2 aromatic rings. The average Bonchev–Trinajstić information content (AvgIpc) is 2.85. The Balaban J connectivity index is 2.04. The maximum absolute atomic E-state index is 5.71. The van der Waals surface area contributed by atoms with Crippen molar-refractivity contribution in [2.24, 2.45) is 5.73 Å². The van der Waals surface area contributed by atoms with Crippen LogP contribution in [-0.4, -0.2) is 16.0 Å². The molecule has 0 amide bonds. The van der Waals surface area contributed by atoms with Gasteiger partial charge < -0.3 is 10.7 Å². The molecule has 0 aromatic carbocycles. The number of aromatic amines is 1. The Morgan fingerprint density at radius 2 is 2.47 bits per heavy atom. The molecule has 0 bridgehead atoms. The van der Waals surface area contributed by atoms with E-state index in [4.69, 9.17) is 5.73 Å². The molecule has 1 atom stereocenters. The summed E-state index contributed by atoms with van der Waals surface area (Å²) in [6.45, 7) is 2.03. The van der Waals surface area contributed by atoms with E-state index in [0.29, 0.717) is 0 Å². The van der Waals surface area contributed by atoms with E-state index in [1.807, 2.05) is 25.4 Å². The molecule has 0 saturated heterocycles. The molecule has 0 aliphatic heterocycles. The van der Waals surface area contributed by atoms with Gasteiger partial charge in [-0.3, -0.25) is 0 Å². The zero-order valence-electron chi connectivity index (χ0n) is 8.73. The maximum atomic E-state index is 5.71. The van der Waals surface area contributed by atoms with Gasteiger partial charge >= 0.3 is 0 Å². The fourth-order valence-electron chi connectivity index (χ4n) is 1.39. The van der Waals surface area contributed by atoms with Gasteiger partial charge in [0, 0.05) is 35.8 Å². The van der Waals surface area contributed by atoms with Gasteiger partial charge in [-0.25, -0.2) is 4.98 Å². The van der Waals surface area contributed by atoms with Crippen LogP contribution in [0, 0.1) is 0 Å². The third-order valence-electron chi connectivity index (χ3n) is 2.26. The number of hydrogen-bond acceptors (Lipinski definition) is 3. The summed E-state index contributed by atoms with van der Waals surface area (Å²) in [5.74, 6) is 0. The second kappa shape index (κ2) is 4.59. The maximum Gasteiger partial charge on any atom is 0.0933 e. The molecule has 15 heavy (non-hydrogen) atoms. The van der Waals surface area contributed by atoms with E-state index in [2.05, 4.69) is 15.3 Å². The van der Waals surface area contributed by atoms with Crippen molar-refractivity contribution in [1.82, 2.24) is 9.97 Å². The minimum Gasteiger partial charge on any atom is -0.367 e. The van der Waals surface area contributed by atoms with Crippen molar-refractivity contribution < 1.29 is 0 Å². The molecule has 4 heteroatoms. The lowest BCUT2D eigenvalue weighted by Gasteiger charge is -2.00. The molecule has 0 radical (unpaired) electrons. The second-order valence-corrected chi connectivity index (χ2v) is 4.68. The Labute approximate surface area is 93.4 Å². The number of nitrogens with two attached hydrogens (primary N) is 1. The first kappa shape index (κ1) is 10.4. The molecule has 3 N–H and O–H groups in total. The summed E-state index contributed by atoms with van der Waals surface area (Å²) in [6.07, 6.45) is 5.85. The molecule has 0 aliphatic carbocycles. The van der Waals surface area contributed by atoms with Crippen LogP contribution in [0.2, 0.25) is 0 Å². The van der Waals surface area contributed by atoms with Crippen molar-refractivity contribution in [2.45, 2.75) is 25.8 Å². The molecule has 3 nitrogen and oxygen atoms in total. The summed E-state index contributed by atoms with van der Waals surface area (Å²) in [4.78, 5) is 7.60. The Hall–Kier alpha value is -1.13. The third-order valence-corrected chi connectivity index (χ3v) is 3.17. The summed E-state index contributed by atoms with van der Waals surface area (Å²) in [6, 6.07) is 2.29. The predicted octanol–water partition coefficient (Wildman–Crippen LogP) is 2.42. The first-order valence-electron chi connectivity index (χ1n) is 5.09. The molecule has 2 rings (SSSR count). The van der Waals surface area contributed by atoms with E-state index in [0.717, 1.165) is 24.1 Å². The number of hydrogen-bond donors (Lipinski definition) is 2. The van der Waals surface area contributed by atoms with Gasteiger partial charge in [0.15, 0.2) is 0 Å². The fourth-order valence-corrected chi connectivity index (χ4v) is 2.22. The lowest BCUT2D eigenvalue weighted by Crippen LogP contribution is -2.15. The first-order valence-corrected chi connectivity index (χ1v) is 5.97. The van der Waals surface area contributed by atoms with Crippen LogP contribution in [0.15, 0.2) is 23.8 Å². The van der Waals surface area contributed by atoms with Gasteiger partial charge in [-0.2, -0.15) is 0 Å². The van der Waals surface area contributed by atoms with E-state index in [1.165, 1.54) is 5.01 Å². The second-order valence-electron chi connectivity index (χ2n) is 3.74. The highest BCUT2D eigenvalue weighted by atomic mass is 32.1. The van der Waals surface area contributed by atoms with E-state index >= 15 is 0 Å². The molecule has 0 aliphatic rings. The summed E-state index contributed by atoms with van der Waals surface area (Å²) < 4.78 is 0. The van der Waals surface area contributed by atoms with Gasteiger partial charge in [-0.15, -0.1) is 11.3 Å². The van der Waals surface area contributed by atoms with E-state index in [9.17, 15) is 0 Å². The van der Waals surface area contributed by atoms with Crippen LogP contribution >= 0.6 is 11.3 Å². The largest absolute Gasteiger partial charge is 0.367 e. The molecule has 0 spiro atoms. The van der Waals surface area contributed by atoms with Gasteiger partial charge in [0.2, 0.25) is 0 Å². The lowest BCUT2D eigenvalue weighted by molar-refractivity contribution is 0.664. The quantitative estimate of drug-likeness (QED) is 0.833. The Bertz CT molecular complexity index is 403. The standard InChI is InChI=1S/C11H15N3S/c1-8(12)2-3-11-14-10(7-15-11)9-4-5-13-6-9/h4-8,13H,2-3,12H2,1H3. The SMILES string of the molecule is CC(N)CCc1nc(-c2cc[nH]c2)cs1. The normalized spacial score (nSPS) is 12.9. The van der Waals surface area contributed by atoms with Crippen LogP contribution in [0.3, 0.4) is 0 Å². The van der Waals surface area contributed by atoms with Crippen molar-refractivity contribution in [2.75, 3.05) is 0 Å². The number of nitrogens with one attached hydrogen (secondary N) is 1. The van der Waals surface area contributed by atoms with Crippen LogP contribution in [-0.2, 0) is 6.42 Å². The molecule has 2 heterocycles. The molecule has 80 valence electrons. The fraction of sp³-hybridized carbons (Fsp3) is 0.364. The number of thiazole rings is 1. The van der Waals surface area contributed by atoms with Crippen molar-refractivity contribution in [1.29, 1.82) is 0 Å². The molecular weight excluding hydrogens is 206 g/mol. The Morgan fingerprint density at radius 3 is 3.13 bits per heavy atom. The number of nitrogens with zero attached hydrogens (tertiary/aromatic N) is 1. The highest BCUT2D eigenvalue weighted by molar-refractivity contribution is 7.09. The number of aromatic nitrogens is 2. The van der Waals surface area contributed by atoms with Gasteiger partial charge in [0.05, 0.1) is 10.7 Å².